The van der Waals surface area contributed by atoms with Crippen molar-refractivity contribution in [2.24, 2.45) is 0 Å². The average Bonchev–Trinajstić information content (AvgIpc) is 3.24. The quantitative estimate of drug-likeness (QED) is 0.0541. The second-order valence-electron chi connectivity index (χ2n) is 14.0. The molecule has 0 spiro atoms. The molecule has 5 nitrogen and oxygen atoms in total. The van der Waals surface area contributed by atoms with E-state index in [4.69, 9.17) is 0 Å². The van der Waals surface area contributed by atoms with Crippen molar-refractivity contribution in [2.75, 3.05) is 0 Å². The Morgan fingerprint density at radius 1 is 0.236 bits per heavy atom. The fraction of sp³-hybridized carbons (Fsp3) is 0. The molecule has 0 heterocycles. The first kappa shape index (κ1) is 32.2. The second-order valence-corrected chi connectivity index (χ2v) is 14.0. The van der Waals surface area contributed by atoms with E-state index in [1.54, 1.807) is 0 Å². The zero-order chi connectivity index (χ0) is 37.4. The molecular weight excluding hydrogens is 681 g/mol. The van der Waals surface area contributed by atoms with E-state index < -0.39 is 28.7 Å². The Morgan fingerprint density at radius 2 is 0.636 bits per heavy atom. The number of rotatable bonds is 4. The Kier molecular flexibility index (Phi) is 7.19. The van der Waals surface area contributed by atoms with Crippen LogP contribution in [0.5, 0.6) is 28.7 Å². The van der Waals surface area contributed by atoms with Gasteiger partial charge >= 0.3 is 0 Å². The predicted octanol–water partition coefficient (Wildman–Crippen LogP) is 12.6. The summed E-state index contributed by atoms with van der Waals surface area (Å²) in [6, 6.07) is 56.4. The van der Waals surface area contributed by atoms with Crippen LogP contribution >= 0.6 is 0 Å². The molecule has 10 aromatic carbocycles. The summed E-state index contributed by atoms with van der Waals surface area (Å²) in [4.78, 5) is 0. The molecule has 0 bridgehead atoms. The van der Waals surface area contributed by atoms with Gasteiger partial charge in [-0.05, 0) is 93.3 Å². The molecule has 55 heavy (non-hydrogen) atoms. The minimum absolute atomic E-state index is 0.171. The van der Waals surface area contributed by atoms with E-state index in [-0.39, 0.29) is 5.56 Å². The Bertz CT molecular complexity index is 3100. The second kappa shape index (κ2) is 12.3. The molecule has 10 rings (SSSR count). The minimum atomic E-state index is -0.991. The zero-order valence-corrected chi connectivity index (χ0v) is 29.3. The van der Waals surface area contributed by atoms with Crippen LogP contribution in [0.1, 0.15) is 0 Å². The largest absolute Gasteiger partial charge is 0.504 e. The number of aromatic hydroxyl groups is 5. The van der Waals surface area contributed by atoms with Crippen molar-refractivity contribution in [1.29, 1.82) is 0 Å². The molecule has 262 valence electrons. The fourth-order valence-corrected chi connectivity index (χ4v) is 8.40. The van der Waals surface area contributed by atoms with Crippen LogP contribution in [-0.4, -0.2) is 25.5 Å². The van der Waals surface area contributed by atoms with Crippen molar-refractivity contribution >= 4 is 53.9 Å². The van der Waals surface area contributed by atoms with Gasteiger partial charge in [0.1, 0.15) is 0 Å². The summed E-state index contributed by atoms with van der Waals surface area (Å²) in [7, 11) is 0. The van der Waals surface area contributed by atoms with Crippen molar-refractivity contribution in [1.82, 2.24) is 0 Å². The number of phenolic OH excluding ortho intramolecular Hbond substituents is 5. The molecule has 5 N–H and O–H groups in total. The number of hydrogen-bond donors (Lipinski definition) is 5. The molecule has 0 aliphatic heterocycles. The molecule has 0 saturated carbocycles. The lowest BCUT2D eigenvalue weighted by atomic mass is 9.85. The smallest absolute Gasteiger partial charge is 0.208 e. The van der Waals surface area contributed by atoms with Crippen LogP contribution in [-0.2, 0) is 0 Å². The van der Waals surface area contributed by atoms with Gasteiger partial charge in [-0.2, -0.15) is 0 Å². The molecule has 0 aliphatic carbocycles. The van der Waals surface area contributed by atoms with Crippen molar-refractivity contribution in [3.8, 4) is 73.3 Å². The van der Waals surface area contributed by atoms with E-state index >= 15 is 0 Å². The summed E-state index contributed by atoms with van der Waals surface area (Å²) in [5.74, 6) is -4.27. The molecule has 0 aromatic heterocycles. The molecule has 0 saturated heterocycles. The van der Waals surface area contributed by atoms with Crippen molar-refractivity contribution in [3.63, 3.8) is 0 Å². The van der Waals surface area contributed by atoms with E-state index in [9.17, 15) is 25.5 Å². The molecule has 10 aromatic rings. The zero-order valence-electron chi connectivity index (χ0n) is 29.3. The van der Waals surface area contributed by atoms with Gasteiger partial charge in [-0.1, -0.05) is 158 Å². The van der Waals surface area contributed by atoms with Gasteiger partial charge in [0.2, 0.25) is 17.2 Å². The third-order valence-electron chi connectivity index (χ3n) is 11.0. The highest BCUT2D eigenvalue weighted by atomic mass is 16.4. The first-order valence-electron chi connectivity index (χ1n) is 18.1. The maximum Gasteiger partial charge on any atom is 0.208 e. The highest BCUT2D eigenvalue weighted by Crippen LogP contribution is 2.57. The standard InChI is InChI=1S/C50H32O5/c51-46-45(47(52)49(54)50(55)48(46)53)44-39-15-7-5-13-37(39)43(38-14-6-8-16-40(38)44)32-23-19-29(20-24-32)28-17-21-31(22-18-28)41-27-42-33-10-2-1-9-30(33)25-26-36(42)34-11-3-4-12-35(34)41/h1-27,51-55H. The lowest BCUT2D eigenvalue weighted by Crippen LogP contribution is -1.92. The molecule has 0 fully saturated rings. The molecular formula is C50H32O5. The lowest BCUT2D eigenvalue weighted by Gasteiger charge is -2.20. The number of benzene rings is 10. The third kappa shape index (κ3) is 4.87. The van der Waals surface area contributed by atoms with Crippen LogP contribution < -0.4 is 0 Å². The van der Waals surface area contributed by atoms with Gasteiger partial charge in [-0.25, -0.2) is 0 Å². The van der Waals surface area contributed by atoms with Crippen molar-refractivity contribution < 1.29 is 25.5 Å². The van der Waals surface area contributed by atoms with Crippen LogP contribution in [0.25, 0.3) is 98.4 Å². The summed E-state index contributed by atoms with van der Waals surface area (Å²) in [6.45, 7) is 0. The molecule has 0 atom stereocenters. The topological polar surface area (TPSA) is 101 Å². The van der Waals surface area contributed by atoms with Gasteiger partial charge in [0.05, 0.1) is 5.56 Å². The maximum atomic E-state index is 11.0. The minimum Gasteiger partial charge on any atom is -0.504 e. The third-order valence-corrected chi connectivity index (χ3v) is 11.0. The highest BCUT2D eigenvalue weighted by molar-refractivity contribution is 6.23. The van der Waals surface area contributed by atoms with Gasteiger partial charge in [-0.3, -0.25) is 0 Å². The SMILES string of the molecule is Oc1c(O)c(O)c(-c2c3ccccc3c(-c3ccc(-c4ccc(-c5cc6c7ccccc7ccc6c6ccccc56)cc4)cc3)c3ccccc23)c(O)c1O. The predicted molar refractivity (Wildman–Crippen MR) is 224 cm³/mol. The molecule has 0 unspecified atom stereocenters. The highest BCUT2D eigenvalue weighted by Gasteiger charge is 2.28. The summed E-state index contributed by atoms with van der Waals surface area (Å²) >= 11 is 0. The first-order chi connectivity index (χ1) is 26.9. The van der Waals surface area contributed by atoms with Crippen LogP contribution in [0.3, 0.4) is 0 Å². The van der Waals surface area contributed by atoms with Crippen LogP contribution in [0, 0.1) is 0 Å². The van der Waals surface area contributed by atoms with E-state index in [2.05, 4.69) is 115 Å². The average molecular weight is 713 g/mol. The van der Waals surface area contributed by atoms with Crippen LogP contribution in [0.2, 0.25) is 0 Å². The first-order valence-corrected chi connectivity index (χ1v) is 18.1. The molecule has 5 heteroatoms. The van der Waals surface area contributed by atoms with Crippen molar-refractivity contribution in [3.05, 3.63) is 164 Å². The lowest BCUT2D eigenvalue weighted by molar-refractivity contribution is 0.330. The summed E-state index contributed by atoms with van der Waals surface area (Å²) in [6.07, 6.45) is 0. The summed E-state index contributed by atoms with van der Waals surface area (Å²) in [5, 5.41) is 63.5. The number of hydrogen-bond acceptors (Lipinski definition) is 5. The van der Waals surface area contributed by atoms with Gasteiger partial charge in [0, 0.05) is 5.56 Å². The number of fused-ring (bicyclic) bond motifs is 7. The Balaban J connectivity index is 1.08. The molecule has 0 radical (unpaired) electrons. The van der Waals surface area contributed by atoms with E-state index in [1.807, 2.05) is 48.5 Å². The number of phenols is 5. The van der Waals surface area contributed by atoms with Gasteiger partial charge in [-0.15, -0.1) is 0 Å². The van der Waals surface area contributed by atoms with E-state index in [0.29, 0.717) is 16.3 Å². The monoisotopic (exact) mass is 712 g/mol. The Labute approximate surface area is 315 Å². The van der Waals surface area contributed by atoms with Gasteiger partial charge in [0.15, 0.2) is 11.5 Å². The van der Waals surface area contributed by atoms with Crippen molar-refractivity contribution in [2.45, 2.75) is 0 Å². The fourth-order valence-electron chi connectivity index (χ4n) is 8.40. The Hall–Kier alpha value is -7.50. The maximum absolute atomic E-state index is 11.0. The van der Waals surface area contributed by atoms with E-state index in [0.717, 1.165) is 38.6 Å². The summed E-state index contributed by atoms with van der Waals surface area (Å²) in [5.41, 5.74) is 6.68. The molecule has 0 aliphatic rings. The Morgan fingerprint density at radius 3 is 1.20 bits per heavy atom. The molecule has 0 amide bonds. The van der Waals surface area contributed by atoms with Gasteiger partial charge < -0.3 is 25.5 Å². The van der Waals surface area contributed by atoms with Gasteiger partial charge in [0.25, 0.3) is 0 Å². The van der Waals surface area contributed by atoms with Crippen LogP contribution in [0.15, 0.2) is 164 Å². The van der Waals surface area contributed by atoms with Crippen LogP contribution in [0.4, 0.5) is 0 Å². The van der Waals surface area contributed by atoms with E-state index in [1.165, 1.54) is 37.9 Å². The summed E-state index contributed by atoms with van der Waals surface area (Å²) < 4.78 is 0. The normalized spacial score (nSPS) is 11.6.